The van der Waals surface area contributed by atoms with Gasteiger partial charge < -0.3 is 9.31 Å². The Bertz CT molecular complexity index is 1120. The lowest BCUT2D eigenvalue weighted by molar-refractivity contribution is 0.00578. The quantitative estimate of drug-likeness (QED) is 0.644. The molecule has 4 rings (SSSR count). The van der Waals surface area contributed by atoms with Gasteiger partial charge >= 0.3 is 7.12 Å². The average molecular weight is 376 g/mol. The molecule has 0 amide bonds. The molecule has 1 aliphatic heterocycles. The van der Waals surface area contributed by atoms with E-state index in [0.29, 0.717) is 16.7 Å². The fourth-order valence-corrected chi connectivity index (χ4v) is 3.64. The topological polar surface area (TPSA) is 53.4 Å². The first-order chi connectivity index (χ1) is 13.1. The zero-order valence-electron chi connectivity index (χ0n) is 17.2. The predicted octanol–water partition coefficient (Wildman–Crippen LogP) is 3.30. The lowest BCUT2D eigenvalue weighted by Crippen LogP contribution is -2.41. The number of hydrogen-bond acceptors (Lipinski definition) is 4. The van der Waals surface area contributed by atoms with Gasteiger partial charge in [-0.25, -0.2) is 4.98 Å². The van der Waals surface area contributed by atoms with Crippen molar-refractivity contribution in [2.45, 2.75) is 52.7 Å². The van der Waals surface area contributed by atoms with E-state index in [4.69, 9.17) is 9.31 Å². The minimum atomic E-state index is -0.477. The van der Waals surface area contributed by atoms with Crippen LogP contribution in [0.3, 0.4) is 0 Å². The zero-order chi connectivity index (χ0) is 20.3. The Kier molecular flexibility index (Phi) is 4.25. The molecular formula is C22H25BN2O3. The minimum absolute atomic E-state index is 0.0720. The Morgan fingerprint density at radius 1 is 0.929 bits per heavy atom. The average Bonchev–Trinajstić information content (AvgIpc) is 2.84. The van der Waals surface area contributed by atoms with Crippen LogP contribution in [0.1, 0.15) is 39.1 Å². The molecule has 2 heterocycles. The first kappa shape index (κ1) is 18.9. The number of aromatic nitrogens is 2. The van der Waals surface area contributed by atoms with Gasteiger partial charge in [-0.05, 0) is 70.8 Å². The van der Waals surface area contributed by atoms with Crippen molar-refractivity contribution >= 4 is 23.5 Å². The first-order valence-corrected chi connectivity index (χ1v) is 9.56. The molecule has 0 unspecified atom stereocenters. The second-order valence-corrected chi connectivity index (χ2v) is 8.40. The molecule has 28 heavy (non-hydrogen) atoms. The van der Waals surface area contributed by atoms with Gasteiger partial charge in [-0.15, -0.1) is 0 Å². The minimum Gasteiger partial charge on any atom is -0.399 e. The van der Waals surface area contributed by atoms with Crippen LogP contribution < -0.4 is 11.0 Å². The molecule has 0 N–H and O–H groups in total. The molecule has 0 bridgehead atoms. The van der Waals surface area contributed by atoms with E-state index >= 15 is 0 Å². The fourth-order valence-electron chi connectivity index (χ4n) is 3.64. The van der Waals surface area contributed by atoms with E-state index in [-0.39, 0.29) is 5.56 Å². The highest BCUT2D eigenvalue weighted by Crippen LogP contribution is 2.36. The summed E-state index contributed by atoms with van der Waals surface area (Å²) >= 11 is 0. The number of hydrogen-bond donors (Lipinski definition) is 0. The fraction of sp³-hybridized carbons (Fsp3) is 0.364. The van der Waals surface area contributed by atoms with Gasteiger partial charge in [0.05, 0.1) is 27.8 Å². The lowest BCUT2D eigenvalue weighted by atomic mass is 9.76. The molecule has 1 fully saturated rings. The Balaban J connectivity index is 1.87. The summed E-state index contributed by atoms with van der Waals surface area (Å²) in [6.07, 6.45) is 0. The third-order valence-electron chi connectivity index (χ3n) is 6.04. The van der Waals surface area contributed by atoms with E-state index in [2.05, 4.69) is 4.98 Å². The maximum atomic E-state index is 13.2. The molecule has 0 radical (unpaired) electrons. The maximum absolute atomic E-state index is 13.2. The van der Waals surface area contributed by atoms with Crippen LogP contribution in [0.2, 0.25) is 0 Å². The number of benzene rings is 2. The van der Waals surface area contributed by atoms with Crippen LogP contribution in [0.25, 0.3) is 16.6 Å². The van der Waals surface area contributed by atoms with Gasteiger partial charge in [0.25, 0.3) is 5.56 Å². The summed E-state index contributed by atoms with van der Waals surface area (Å²) in [5.41, 5.74) is 2.47. The summed E-state index contributed by atoms with van der Waals surface area (Å²) in [7, 11) is -0.477. The van der Waals surface area contributed by atoms with Crippen LogP contribution >= 0.6 is 0 Å². The van der Waals surface area contributed by atoms with Crippen molar-refractivity contribution < 1.29 is 9.31 Å². The van der Waals surface area contributed by atoms with E-state index in [1.54, 1.807) is 4.57 Å². The Labute approximate surface area is 165 Å². The van der Waals surface area contributed by atoms with E-state index in [1.165, 1.54) is 0 Å². The Hall–Kier alpha value is -2.44. The molecule has 0 aliphatic carbocycles. The number of nitrogens with zero attached hydrogens (tertiary/aromatic N) is 2. The smallest absolute Gasteiger partial charge is 0.399 e. The van der Waals surface area contributed by atoms with Gasteiger partial charge in [-0.1, -0.05) is 24.3 Å². The van der Waals surface area contributed by atoms with E-state index < -0.39 is 18.3 Å². The third kappa shape index (κ3) is 2.79. The largest absolute Gasteiger partial charge is 0.495 e. The third-order valence-corrected chi connectivity index (χ3v) is 6.04. The highest BCUT2D eigenvalue weighted by molar-refractivity contribution is 6.62. The van der Waals surface area contributed by atoms with Crippen molar-refractivity contribution in [1.82, 2.24) is 9.55 Å². The molecule has 0 atom stereocenters. The normalized spacial score (nSPS) is 18.0. The van der Waals surface area contributed by atoms with Crippen LogP contribution in [0.5, 0.6) is 0 Å². The van der Waals surface area contributed by atoms with Crippen molar-refractivity contribution in [3.05, 3.63) is 64.2 Å². The zero-order valence-corrected chi connectivity index (χ0v) is 17.2. The van der Waals surface area contributed by atoms with Crippen molar-refractivity contribution in [1.29, 1.82) is 0 Å². The van der Waals surface area contributed by atoms with Crippen molar-refractivity contribution in [2.75, 3.05) is 0 Å². The predicted molar refractivity (Wildman–Crippen MR) is 113 cm³/mol. The molecule has 144 valence electrons. The molecule has 1 saturated heterocycles. The van der Waals surface area contributed by atoms with E-state index in [1.807, 2.05) is 84.0 Å². The van der Waals surface area contributed by atoms with Crippen molar-refractivity contribution in [2.24, 2.45) is 0 Å². The second kappa shape index (κ2) is 6.29. The van der Waals surface area contributed by atoms with E-state index in [9.17, 15) is 4.79 Å². The number of rotatable bonds is 2. The van der Waals surface area contributed by atoms with Gasteiger partial charge in [-0.2, -0.15) is 0 Å². The summed E-state index contributed by atoms with van der Waals surface area (Å²) in [6.45, 7) is 12.0. The lowest BCUT2D eigenvalue weighted by Gasteiger charge is -2.32. The molecule has 5 nitrogen and oxygen atoms in total. The SMILES string of the molecule is Cc1c(B2OC(C)(C)C(C)(C)O2)cccc1-n1c(C)nc2ccccc2c1=O. The molecule has 1 aromatic heterocycles. The highest BCUT2D eigenvalue weighted by atomic mass is 16.7. The second-order valence-electron chi connectivity index (χ2n) is 8.40. The number of aryl methyl sites for hydroxylation is 1. The molecule has 1 aliphatic rings. The van der Waals surface area contributed by atoms with E-state index in [0.717, 1.165) is 16.7 Å². The molecule has 0 saturated carbocycles. The van der Waals surface area contributed by atoms with Crippen molar-refractivity contribution in [3.63, 3.8) is 0 Å². The van der Waals surface area contributed by atoms with Crippen LogP contribution in [-0.2, 0) is 9.31 Å². The van der Waals surface area contributed by atoms with Crippen molar-refractivity contribution in [3.8, 4) is 5.69 Å². The molecule has 3 aromatic rings. The summed E-state index contributed by atoms with van der Waals surface area (Å²) in [5, 5.41) is 0.605. The standard InChI is InChI=1S/C22H25BN2O3/c1-14-17(23-27-21(3,4)22(5,6)28-23)11-9-13-19(14)25-15(2)24-18-12-8-7-10-16(18)20(25)26/h7-13H,1-6H3. The monoisotopic (exact) mass is 376 g/mol. The highest BCUT2D eigenvalue weighted by Gasteiger charge is 2.52. The first-order valence-electron chi connectivity index (χ1n) is 9.56. The van der Waals surface area contributed by atoms with Crippen LogP contribution in [0.4, 0.5) is 0 Å². The van der Waals surface area contributed by atoms with Gasteiger partial charge in [0.2, 0.25) is 0 Å². The number of fused-ring (bicyclic) bond motifs is 1. The van der Waals surface area contributed by atoms with Crippen LogP contribution in [0.15, 0.2) is 47.3 Å². The summed E-state index contributed by atoms with van der Waals surface area (Å²) < 4.78 is 14.1. The van der Waals surface area contributed by atoms with Crippen LogP contribution in [0, 0.1) is 13.8 Å². The molecule has 2 aromatic carbocycles. The van der Waals surface area contributed by atoms with Gasteiger partial charge in [0.1, 0.15) is 5.82 Å². The van der Waals surface area contributed by atoms with Gasteiger partial charge in [0, 0.05) is 0 Å². The summed E-state index contributed by atoms with van der Waals surface area (Å²) in [4.78, 5) is 17.8. The molecule has 6 heteroatoms. The van der Waals surface area contributed by atoms with Gasteiger partial charge in [-0.3, -0.25) is 9.36 Å². The van der Waals surface area contributed by atoms with Crippen LogP contribution in [-0.4, -0.2) is 27.9 Å². The molecular weight excluding hydrogens is 351 g/mol. The summed E-state index contributed by atoms with van der Waals surface area (Å²) in [5.74, 6) is 0.651. The Morgan fingerprint density at radius 3 is 2.25 bits per heavy atom. The van der Waals surface area contributed by atoms with Gasteiger partial charge in [0.15, 0.2) is 0 Å². The Morgan fingerprint density at radius 2 is 1.57 bits per heavy atom. The number of para-hydroxylation sites is 1. The summed E-state index contributed by atoms with van der Waals surface area (Å²) in [6, 6.07) is 13.3. The maximum Gasteiger partial charge on any atom is 0.495 e. The molecule has 0 spiro atoms.